The minimum atomic E-state index is -0.576. The Morgan fingerprint density at radius 1 is 1.15 bits per heavy atom. The first-order valence-corrected chi connectivity index (χ1v) is 9.29. The summed E-state index contributed by atoms with van der Waals surface area (Å²) in [6.45, 7) is 3.09. The highest BCUT2D eigenvalue weighted by atomic mass is 32.1. The SMILES string of the molecule is Cc1ccc(C(=O)N2CCC3(CC2)NC(=O)N(c2ccc(F)cc2)N3)s1. The number of nitrogens with one attached hydrogen (secondary N) is 2. The zero-order valence-electron chi connectivity index (χ0n) is 14.3. The van der Waals surface area contributed by atoms with E-state index in [0.29, 0.717) is 31.6 Å². The molecular weight excluding hydrogens is 355 g/mol. The summed E-state index contributed by atoms with van der Waals surface area (Å²) in [5.74, 6) is -0.309. The molecule has 2 aliphatic rings. The van der Waals surface area contributed by atoms with Gasteiger partial charge in [0.05, 0.1) is 10.6 Å². The van der Waals surface area contributed by atoms with Gasteiger partial charge in [-0.2, -0.15) is 0 Å². The number of carbonyl (C=O) groups excluding carboxylic acids is 2. The maximum absolute atomic E-state index is 13.1. The maximum Gasteiger partial charge on any atom is 0.338 e. The van der Waals surface area contributed by atoms with Gasteiger partial charge in [-0.25, -0.2) is 19.6 Å². The Bertz CT molecular complexity index is 843. The second kappa shape index (κ2) is 6.37. The number of piperidine rings is 1. The summed E-state index contributed by atoms with van der Waals surface area (Å²) in [5.41, 5.74) is 3.21. The quantitative estimate of drug-likeness (QED) is 0.850. The van der Waals surface area contributed by atoms with Crippen LogP contribution in [0.15, 0.2) is 36.4 Å². The molecule has 0 atom stereocenters. The Hall–Kier alpha value is -2.45. The monoisotopic (exact) mass is 374 g/mol. The molecule has 2 N–H and O–H groups in total. The maximum atomic E-state index is 13.1. The van der Waals surface area contributed by atoms with E-state index in [0.717, 1.165) is 9.75 Å². The summed E-state index contributed by atoms with van der Waals surface area (Å²) in [5, 5.41) is 4.38. The molecule has 2 fully saturated rings. The molecule has 26 heavy (non-hydrogen) atoms. The van der Waals surface area contributed by atoms with Gasteiger partial charge in [0, 0.05) is 30.8 Å². The number of amides is 3. The predicted octanol–water partition coefficient (Wildman–Crippen LogP) is 2.86. The fourth-order valence-corrected chi connectivity index (χ4v) is 4.19. The highest BCUT2D eigenvalue weighted by Crippen LogP contribution is 2.28. The highest BCUT2D eigenvalue weighted by molar-refractivity contribution is 7.13. The molecule has 2 aromatic rings. The second-order valence-corrected chi connectivity index (χ2v) is 7.93. The highest BCUT2D eigenvalue weighted by Gasteiger charge is 2.45. The first-order valence-electron chi connectivity index (χ1n) is 8.47. The molecule has 0 saturated carbocycles. The Labute approximate surface area is 154 Å². The van der Waals surface area contributed by atoms with Gasteiger partial charge in [-0.15, -0.1) is 11.3 Å². The molecule has 0 unspecified atom stereocenters. The van der Waals surface area contributed by atoms with Crippen LogP contribution in [0.25, 0.3) is 0 Å². The van der Waals surface area contributed by atoms with Gasteiger partial charge in [0.25, 0.3) is 5.91 Å². The molecule has 6 nitrogen and oxygen atoms in total. The van der Waals surface area contributed by atoms with E-state index in [-0.39, 0.29) is 17.8 Å². The van der Waals surface area contributed by atoms with E-state index in [1.54, 1.807) is 12.1 Å². The van der Waals surface area contributed by atoms with Crippen molar-refractivity contribution in [1.82, 2.24) is 15.6 Å². The van der Waals surface area contributed by atoms with Gasteiger partial charge in [-0.3, -0.25) is 4.79 Å². The van der Waals surface area contributed by atoms with Crippen LogP contribution >= 0.6 is 11.3 Å². The average molecular weight is 374 g/mol. The number of benzene rings is 1. The minimum Gasteiger partial charge on any atom is -0.338 e. The molecule has 136 valence electrons. The van der Waals surface area contributed by atoms with Crippen LogP contribution in [0, 0.1) is 12.7 Å². The van der Waals surface area contributed by atoms with Crippen molar-refractivity contribution in [3.05, 3.63) is 52.0 Å². The molecule has 1 aromatic carbocycles. The molecule has 0 bridgehead atoms. The number of urea groups is 1. The number of hydrazine groups is 1. The van der Waals surface area contributed by atoms with Gasteiger partial charge in [0.2, 0.25) is 0 Å². The van der Waals surface area contributed by atoms with Crippen molar-refractivity contribution in [3.8, 4) is 0 Å². The largest absolute Gasteiger partial charge is 0.338 e. The molecule has 0 aliphatic carbocycles. The van der Waals surface area contributed by atoms with Crippen LogP contribution in [0.1, 0.15) is 27.4 Å². The number of anilines is 1. The van der Waals surface area contributed by atoms with Gasteiger partial charge >= 0.3 is 6.03 Å². The molecule has 1 aromatic heterocycles. The minimum absolute atomic E-state index is 0.0395. The molecule has 2 saturated heterocycles. The van der Waals surface area contributed by atoms with Crippen LogP contribution in [0.4, 0.5) is 14.9 Å². The Morgan fingerprint density at radius 3 is 2.46 bits per heavy atom. The Balaban J connectivity index is 1.43. The third kappa shape index (κ3) is 3.06. The summed E-state index contributed by atoms with van der Waals surface area (Å²) in [6, 6.07) is 9.28. The lowest BCUT2D eigenvalue weighted by molar-refractivity contribution is 0.0645. The molecule has 3 heterocycles. The van der Waals surface area contributed by atoms with Crippen molar-refractivity contribution in [3.63, 3.8) is 0 Å². The number of halogens is 1. The Morgan fingerprint density at radius 2 is 1.85 bits per heavy atom. The van der Waals surface area contributed by atoms with E-state index >= 15 is 0 Å². The zero-order chi connectivity index (χ0) is 18.3. The van der Waals surface area contributed by atoms with Crippen molar-refractivity contribution >= 4 is 29.0 Å². The first-order chi connectivity index (χ1) is 12.5. The number of aryl methyl sites for hydroxylation is 1. The van der Waals surface area contributed by atoms with E-state index in [2.05, 4.69) is 10.7 Å². The molecule has 4 rings (SSSR count). The smallest absolute Gasteiger partial charge is 0.338 e. The number of likely N-dealkylation sites (tertiary alicyclic amines) is 1. The van der Waals surface area contributed by atoms with Gasteiger partial charge in [-0.1, -0.05) is 0 Å². The number of thiophene rings is 1. The number of carbonyl (C=O) groups is 2. The molecule has 8 heteroatoms. The predicted molar refractivity (Wildman–Crippen MR) is 97.5 cm³/mol. The zero-order valence-corrected chi connectivity index (χ0v) is 15.1. The Kier molecular flexibility index (Phi) is 4.16. The third-order valence-corrected chi connectivity index (χ3v) is 5.80. The third-order valence-electron chi connectivity index (χ3n) is 4.82. The fourth-order valence-electron chi connectivity index (χ4n) is 3.36. The molecular formula is C18H19FN4O2S. The first kappa shape index (κ1) is 17.0. The van der Waals surface area contributed by atoms with Gasteiger partial charge in [0.1, 0.15) is 11.5 Å². The van der Waals surface area contributed by atoms with Crippen LogP contribution in [-0.2, 0) is 0 Å². The summed E-state index contributed by atoms with van der Waals surface area (Å²) >= 11 is 1.50. The van der Waals surface area contributed by atoms with Crippen molar-refractivity contribution in [1.29, 1.82) is 0 Å². The summed E-state index contributed by atoms with van der Waals surface area (Å²) in [6.07, 6.45) is 1.21. The van der Waals surface area contributed by atoms with E-state index in [1.807, 2.05) is 24.0 Å². The van der Waals surface area contributed by atoms with E-state index in [4.69, 9.17) is 0 Å². The standard InChI is InChI=1S/C18H19FN4O2S/c1-12-2-7-15(26-12)16(24)22-10-8-18(9-11-22)20-17(25)23(21-18)14-5-3-13(19)4-6-14/h2-7,21H,8-11H2,1H3,(H,20,25). The number of rotatable bonds is 2. The summed E-state index contributed by atoms with van der Waals surface area (Å²) in [7, 11) is 0. The van der Waals surface area contributed by atoms with Crippen LogP contribution in [0.5, 0.6) is 0 Å². The normalized spacial score (nSPS) is 19.1. The van der Waals surface area contributed by atoms with Crippen LogP contribution in [0.2, 0.25) is 0 Å². The second-order valence-electron chi connectivity index (χ2n) is 6.64. The summed E-state index contributed by atoms with van der Waals surface area (Å²) in [4.78, 5) is 28.6. The summed E-state index contributed by atoms with van der Waals surface area (Å²) < 4.78 is 13.1. The average Bonchev–Trinajstić information content (AvgIpc) is 3.20. The molecule has 1 spiro atoms. The molecule has 0 radical (unpaired) electrons. The van der Waals surface area contributed by atoms with E-state index in [9.17, 15) is 14.0 Å². The van der Waals surface area contributed by atoms with Crippen LogP contribution < -0.4 is 15.8 Å². The van der Waals surface area contributed by atoms with Crippen LogP contribution in [-0.4, -0.2) is 35.6 Å². The van der Waals surface area contributed by atoms with Crippen LogP contribution in [0.3, 0.4) is 0 Å². The molecule has 3 amide bonds. The van der Waals surface area contributed by atoms with Crippen molar-refractivity contribution < 1.29 is 14.0 Å². The lowest BCUT2D eigenvalue weighted by atomic mass is 9.98. The van der Waals surface area contributed by atoms with Gasteiger partial charge in [0.15, 0.2) is 0 Å². The number of nitrogens with zero attached hydrogens (tertiary/aromatic N) is 2. The van der Waals surface area contributed by atoms with Gasteiger partial charge in [-0.05, 0) is 43.3 Å². The number of hydrogen-bond donors (Lipinski definition) is 2. The van der Waals surface area contributed by atoms with Gasteiger partial charge < -0.3 is 10.2 Å². The van der Waals surface area contributed by atoms with E-state index < -0.39 is 5.66 Å². The molecule has 2 aliphatic heterocycles. The number of hydrogen-bond acceptors (Lipinski definition) is 4. The van der Waals surface area contributed by atoms with E-state index in [1.165, 1.54) is 28.5 Å². The fraction of sp³-hybridized carbons (Fsp3) is 0.333. The van der Waals surface area contributed by atoms with Crippen molar-refractivity contribution in [2.24, 2.45) is 0 Å². The van der Waals surface area contributed by atoms with Crippen molar-refractivity contribution in [2.45, 2.75) is 25.4 Å². The topological polar surface area (TPSA) is 64.7 Å². The lowest BCUT2D eigenvalue weighted by Gasteiger charge is -2.38. The van der Waals surface area contributed by atoms with Crippen molar-refractivity contribution in [2.75, 3.05) is 18.1 Å². The lowest BCUT2D eigenvalue weighted by Crippen LogP contribution is -2.58.